The third-order valence-corrected chi connectivity index (χ3v) is 5.15. The highest BCUT2D eigenvalue weighted by atomic mass is 16.5. The predicted molar refractivity (Wildman–Crippen MR) is 107 cm³/mol. The van der Waals surface area contributed by atoms with E-state index in [4.69, 9.17) is 14.2 Å². The number of carboxylic acids is 1. The fourth-order valence-electron chi connectivity index (χ4n) is 3.50. The van der Waals surface area contributed by atoms with Crippen LogP contribution >= 0.6 is 0 Å². The SMILES string of the molecule is COc1cccc(C2CC2C(=O)NC(CC(=O)O)c2ccc(OC)c(OC)c2)c1. The summed E-state index contributed by atoms with van der Waals surface area (Å²) in [6.07, 6.45) is 0.502. The summed E-state index contributed by atoms with van der Waals surface area (Å²) in [5.74, 6) is 0.554. The molecule has 3 rings (SSSR count). The zero-order chi connectivity index (χ0) is 21.0. The number of hydrogen-bond donors (Lipinski definition) is 2. The lowest BCUT2D eigenvalue weighted by atomic mass is 10.0. The van der Waals surface area contributed by atoms with Gasteiger partial charge in [0.15, 0.2) is 11.5 Å². The van der Waals surface area contributed by atoms with Gasteiger partial charge in [-0.05, 0) is 47.7 Å². The molecule has 1 amide bonds. The largest absolute Gasteiger partial charge is 0.497 e. The molecule has 2 N–H and O–H groups in total. The molecule has 1 saturated carbocycles. The summed E-state index contributed by atoms with van der Waals surface area (Å²) < 4.78 is 15.8. The number of benzene rings is 2. The van der Waals surface area contributed by atoms with Crippen molar-refractivity contribution in [2.75, 3.05) is 21.3 Å². The molecule has 7 nitrogen and oxygen atoms in total. The zero-order valence-corrected chi connectivity index (χ0v) is 16.7. The molecule has 0 bridgehead atoms. The third-order valence-electron chi connectivity index (χ3n) is 5.15. The van der Waals surface area contributed by atoms with Crippen molar-refractivity contribution >= 4 is 11.9 Å². The topological polar surface area (TPSA) is 94.1 Å². The fourth-order valence-corrected chi connectivity index (χ4v) is 3.50. The van der Waals surface area contributed by atoms with E-state index in [-0.39, 0.29) is 24.2 Å². The van der Waals surface area contributed by atoms with E-state index in [9.17, 15) is 14.7 Å². The normalized spacial score (nSPS) is 18.4. The van der Waals surface area contributed by atoms with Crippen LogP contribution in [-0.2, 0) is 9.59 Å². The van der Waals surface area contributed by atoms with Crippen LogP contribution in [0.5, 0.6) is 17.2 Å². The maximum atomic E-state index is 12.8. The van der Waals surface area contributed by atoms with Gasteiger partial charge < -0.3 is 24.6 Å². The molecule has 1 aliphatic carbocycles. The average Bonchev–Trinajstić information content (AvgIpc) is 3.53. The maximum absolute atomic E-state index is 12.8. The molecule has 7 heteroatoms. The molecule has 1 fully saturated rings. The van der Waals surface area contributed by atoms with Crippen molar-refractivity contribution < 1.29 is 28.9 Å². The molecular weight excluding hydrogens is 374 g/mol. The second-order valence-electron chi connectivity index (χ2n) is 7.00. The lowest BCUT2D eigenvalue weighted by Gasteiger charge is -2.19. The van der Waals surface area contributed by atoms with Crippen LogP contribution in [0.2, 0.25) is 0 Å². The van der Waals surface area contributed by atoms with Crippen molar-refractivity contribution in [2.24, 2.45) is 5.92 Å². The Bertz CT molecular complexity index is 897. The summed E-state index contributed by atoms with van der Waals surface area (Å²) in [7, 11) is 4.64. The molecule has 0 aliphatic heterocycles. The summed E-state index contributed by atoms with van der Waals surface area (Å²) in [5, 5.41) is 12.2. The lowest BCUT2D eigenvalue weighted by Crippen LogP contribution is -2.31. The van der Waals surface area contributed by atoms with Crippen LogP contribution in [0.15, 0.2) is 42.5 Å². The van der Waals surface area contributed by atoms with Gasteiger partial charge in [-0.15, -0.1) is 0 Å². The zero-order valence-electron chi connectivity index (χ0n) is 16.7. The first kappa shape index (κ1) is 20.5. The summed E-state index contributed by atoms with van der Waals surface area (Å²) in [5.41, 5.74) is 1.70. The van der Waals surface area contributed by atoms with Crippen LogP contribution in [0.3, 0.4) is 0 Å². The fraction of sp³-hybridized carbons (Fsp3) is 0.364. The van der Waals surface area contributed by atoms with Crippen molar-refractivity contribution in [2.45, 2.75) is 24.8 Å². The molecule has 3 atom stereocenters. The van der Waals surface area contributed by atoms with E-state index in [0.29, 0.717) is 17.1 Å². The highest BCUT2D eigenvalue weighted by Crippen LogP contribution is 2.48. The Hall–Kier alpha value is -3.22. The summed E-state index contributed by atoms with van der Waals surface area (Å²) >= 11 is 0. The average molecular weight is 399 g/mol. The first-order chi connectivity index (χ1) is 14.0. The molecule has 29 heavy (non-hydrogen) atoms. The van der Waals surface area contributed by atoms with Gasteiger partial charge in [-0.1, -0.05) is 18.2 Å². The summed E-state index contributed by atoms with van der Waals surface area (Å²) in [6, 6.07) is 12.1. The van der Waals surface area contributed by atoms with Gasteiger partial charge in [0, 0.05) is 5.92 Å². The number of aliphatic carboxylic acids is 1. The van der Waals surface area contributed by atoms with E-state index in [0.717, 1.165) is 17.7 Å². The van der Waals surface area contributed by atoms with Gasteiger partial charge in [-0.2, -0.15) is 0 Å². The van der Waals surface area contributed by atoms with Crippen molar-refractivity contribution in [1.82, 2.24) is 5.32 Å². The number of methoxy groups -OCH3 is 3. The van der Waals surface area contributed by atoms with Crippen LogP contribution in [0.1, 0.15) is 35.9 Å². The number of rotatable bonds is 9. The number of hydrogen-bond acceptors (Lipinski definition) is 5. The van der Waals surface area contributed by atoms with Gasteiger partial charge >= 0.3 is 5.97 Å². The van der Waals surface area contributed by atoms with Crippen LogP contribution in [-0.4, -0.2) is 38.3 Å². The van der Waals surface area contributed by atoms with Crippen molar-refractivity contribution in [3.63, 3.8) is 0 Å². The van der Waals surface area contributed by atoms with Crippen molar-refractivity contribution in [1.29, 1.82) is 0 Å². The predicted octanol–water partition coefficient (Wildman–Crippen LogP) is 3.15. The first-order valence-corrected chi connectivity index (χ1v) is 9.34. The standard InChI is InChI=1S/C22H25NO6/c1-27-15-6-4-5-13(9-15)16-11-17(16)22(26)23-18(12-21(24)25)14-7-8-19(28-2)20(10-14)29-3/h4-10,16-18H,11-12H2,1-3H3,(H,23,26)(H,24,25). The van der Waals surface area contributed by atoms with Crippen LogP contribution < -0.4 is 19.5 Å². The second-order valence-corrected chi connectivity index (χ2v) is 7.00. The smallest absolute Gasteiger partial charge is 0.305 e. The highest BCUT2D eigenvalue weighted by molar-refractivity contribution is 5.84. The van der Waals surface area contributed by atoms with Gasteiger partial charge in [0.2, 0.25) is 5.91 Å². The number of carboxylic acid groups (broad SMARTS) is 1. The molecule has 2 aromatic rings. The number of ether oxygens (including phenoxy) is 3. The van der Waals surface area contributed by atoms with Gasteiger partial charge in [0.25, 0.3) is 0 Å². The Morgan fingerprint density at radius 2 is 1.83 bits per heavy atom. The van der Waals surface area contributed by atoms with E-state index < -0.39 is 12.0 Å². The molecule has 0 radical (unpaired) electrons. The number of carbonyl (C=O) groups is 2. The first-order valence-electron chi connectivity index (χ1n) is 9.34. The van der Waals surface area contributed by atoms with Crippen LogP contribution in [0, 0.1) is 5.92 Å². The van der Waals surface area contributed by atoms with Gasteiger partial charge in [-0.25, -0.2) is 0 Å². The Labute approximate surface area is 169 Å². The van der Waals surface area contributed by atoms with Crippen molar-refractivity contribution in [3.05, 3.63) is 53.6 Å². The molecule has 3 unspecified atom stereocenters. The third kappa shape index (κ3) is 4.80. The Morgan fingerprint density at radius 1 is 1.07 bits per heavy atom. The van der Waals surface area contributed by atoms with Crippen molar-refractivity contribution in [3.8, 4) is 17.2 Å². The monoisotopic (exact) mass is 399 g/mol. The lowest BCUT2D eigenvalue weighted by molar-refractivity contribution is -0.137. The Morgan fingerprint density at radius 3 is 2.48 bits per heavy atom. The number of nitrogens with one attached hydrogen (secondary N) is 1. The quantitative estimate of drug-likeness (QED) is 0.673. The Balaban J connectivity index is 1.74. The van der Waals surface area contributed by atoms with E-state index in [1.807, 2.05) is 24.3 Å². The highest BCUT2D eigenvalue weighted by Gasteiger charge is 2.44. The molecule has 0 aromatic heterocycles. The minimum absolute atomic E-state index is 0.112. The van der Waals surface area contributed by atoms with E-state index in [1.165, 1.54) is 14.2 Å². The molecule has 0 heterocycles. The van der Waals surface area contributed by atoms with Gasteiger partial charge in [0.1, 0.15) is 5.75 Å². The number of amides is 1. The van der Waals surface area contributed by atoms with E-state index in [2.05, 4.69) is 5.32 Å². The van der Waals surface area contributed by atoms with Gasteiger partial charge in [-0.3, -0.25) is 9.59 Å². The minimum Gasteiger partial charge on any atom is -0.497 e. The second kappa shape index (κ2) is 8.86. The number of carbonyl (C=O) groups excluding carboxylic acids is 1. The Kier molecular flexibility index (Phi) is 6.26. The summed E-state index contributed by atoms with van der Waals surface area (Å²) in [4.78, 5) is 24.2. The molecule has 0 saturated heterocycles. The molecule has 154 valence electrons. The van der Waals surface area contributed by atoms with Crippen LogP contribution in [0.25, 0.3) is 0 Å². The molecule has 2 aromatic carbocycles. The molecular formula is C22H25NO6. The molecule has 0 spiro atoms. The minimum atomic E-state index is -0.995. The van der Waals surface area contributed by atoms with E-state index >= 15 is 0 Å². The maximum Gasteiger partial charge on any atom is 0.305 e. The van der Waals surface area contributed by atoms with Crippen LogP contribution in [0.4, 0.5) is 0 Å². The van der Waals surface area contributed by atoms with E-state index in [1.54, 1.807) is 25.3 Å². The van der Waals surface area contributed by atoms with Gasteiger partial charge in [0.05, 0.1) is 33.8 Å². The summed E-state index contributed by atoms with van der Waals surface area (Å²) in [6.45, 7) is 0. The molecule has 1 aliphatic rings.